The van der Waals surface area contributed by atoms with E-state index in [2.05, 4.69) is 40.1 Å². The predicted octanol–water partition coefficient (Wildman–Crippen LogP) is 5.47. The lowest BCUT2D eigenvalue weighted by molar-refractivity contribution is -0.00518. The van der Waals surface area contributed by atoms with E-state index in [4.69, 9.17) is 12.2 Å². The average molecular weight is 390 g/mol. The zero-order valence-electron chi connectivity index (χ0n) is 16.1. The highest BCUT2D eigenvalue weighted by atomic mass is 32.1. The summed E-state index contributed by atoms with van der Waals surface area (Å²) in [6.45, 7) is 0. The molecule has 0 atom stereocenters. The fraction of sp³-hybridized carbons (Fsp3) is 0.417. The van der Waals surface area contributed by atoms with Crippen LogP contribution in [-0.2, 0) is 5.41 Å². The quantitative estimate of drug-likeness (QED) is 0.413. The van der Waals surface area contributed by atoms with Crippen molar-refractivity contribution in [3.8, 4) is 0 Å². The van der Waals surface area contributed by atoms with Gasteiger partial charge in [0, 0.05) is 5.69 Å². The Balaban J connectivity index is 1.21. The van der Waals surface area contributed by atoms with Crippen LogP contribution in [0.4, 0.5) is 5.69 Å². The summed E-state index contributed by atoms with van der Waals surface area (Å²) >= 11 is 5.28. The number of thiocarbonyl (C=S) groups is 1. The van der Waals surface area contributed by atoms with Crippen LogP contribution in [0.5, 0.6) is 0 Å². The second-order valence-electron chi connectivity index (χ2n) is 9.01. The van der Waals surface area contributed by atoms with Gasteiger partial charge in [-0.15, -0.1) is 0 Å². The molecule has 0 amide bonds. The van der Waals surface area contributed by atoms with Gasteiger partial charge < -0.3 is 5.32 Å². The highest BCUT2D eigenvalue weighted by Crippen LogP contribution is 2.60. The smallest absolute Gasteiger partial charge is 0.191 e. The zero-order valence-corrected chi connectivity index (χ0v) is 16.9. The largest absolute Gasteiger partial charge is 0.331 e. The molecule has 0 saturated heterocycles. The van der Waals surface area contributed by atoms with Crippen LogP contribution < -0.4 is 10.7 Å². The van der Waals surface area contributed by atoms with E-state index in [0.717, 1.165) is 29.0 Å². The van der Waals surface area contributed by atoms with Crippen LogP contribution >= 0.6 is 12.2 Å². The van der Waals surface area contributed by atoms with Crippen molar-refractivity contribution in [2.24, 2.45) is 22.9 Å². The molecule has 4 saturated carbocycles. The van der Waals surface area contributed by atoms with Crippen molar-refractivity contribution in [2.45, 2.75) is 43.9 Å². The van der Waals surface area contributed by atoms with Gasteiger partial charge in [-0.3, -0.25) is 5.43 Å². The molecule has 4 heteroatoms. The number of nitrogens with one attached hydrogen (secondary N) is 2. The maximum Gasteiger partial charge on any atom is 0.191 e. The third-order valence-corrected chi connectivity index (χ3v) is 7.17. The molecular weight excluding hydrogens is 362 g/mol. The van der Waals surface area contributed by atoms with Gasteiger partial charge in [0.25, 0.3) is 0 Å². The van der Waals surface area contributed by atoms with Crippen LogP contribution in [0.3, 0.4) is 0 Å². The van der Waals surface area contributed by atoms with Crippen molar-refractivity contribution < 1.29 is 0 Å². The van der Waals surface area contributed by atoms with Gasteiger partial charge in [0.05, 0.1) is 6.21 Å². The standard InChI is InChI=1S/C24H27N3S/c28-23(26-22-4-2-1-3-5-22)27-25-16-17-6-8-21(9-7-17)24-13-18-10-19(14-24)12-20(11-18)15-24/h1-9,16,18-20H,10-15H2,(H2,26,27,28). The number of anilines is 1. The first-order chi connectivity index (χ1) is 13.7. The van der Waals surface area contributed by atoms with Crippen LogP contribution in [0.25, 0.3) is 0 Å². The van der Waals surface area contributed by atoms with Crippen molar-refractivity contribution in [3.05, 3.63) is 65.7 Å². The molecule has 4 aliphatic carbocycles. The number of hydrogen-bond donors (Lipinski definition) is 2. The number of rotatable bonds is 4. The van der Waals surface area contributed by atoms with E-state index in [9.17, 15) is 0 Å². The van der Waals surface area contributed by atoms with E-state index in [1.54, 1.807) is 5.56 Å². The summed E-state index contributed by atoms with van der Waals surface area (Å²) in [4.78, 5) is 0. The summed E-state index contributed by atoms with van der Waals surface area (Å²) in [5.74, 6) is 2.94. The van der Waals surface area contributed by atoms with E-state index in [0.29, 0.717) is 10.5 Å². The number of para-hydroxylation sites is 1. The number of benzene rings is 2. The minimum Gasteiger partial charge on any atom is -0.331 e. The molecule has 3 nitrogen and oxygen atoms in total. The fourth-order valence-corrected chi connectivity index (χ4v) is 6.40. The average Bonchev–Trinajstić information content (AvgIpc) is 2.68. The number of hydrogen-bond acceptors (Lipinski definition) is 2. The molecule has 0 aliphatic heterocycles. The molecule has 0 aromatic heterocycles. The molecule has 6 rings (SSSR count). The van der Waals surface area contributed by atoms with E-state index in [1.807, 2.05) is 36.5 Å². The second-order valence-corrected chi connectivity index (χ2v) is 9.42. The first-order valence-electron chi connectivity index (χ1n) is 10.4. The number of nitrogens with zero attached hydrogens (tertiary/aromatic N) is 1. The molecule has 2 aromatic rings. The van der Waals surface area contributed by atoms with Crippen LogP contribution in [-0.4, -0.2) is 11.3 Å². The molecule has 4 fully saturated rings. The molecule has 0 unspecified atom stereocenters. The monoisotopic (exact) mass is 389 g/mol. The van der Waals surface area contributed by atoms with Gasteiger partial charge in [-0.05, 0) is 97.2 Å². The van der Waals surface area contributed by atoms with Crippen LogP contribution in [0, 0.1) is 17.8 Å². The van der Waals surface area contributed by atoms with E-state index in [1.165, 1.54) is 38.5 Å². The minimum atomic E-state index is 0.462. The molecule has 0 radical (unpaired) electrons. The van der Waals surface area contributed by atoms with Gasteiger partial charge in [0.2, 0.25) is 0 Å². The molecule has 144 valence electrons. The van der Waals surface area contributed by atoms with Crippen molar-refractivity contribution in [1.82, 2.24) is 5.43 Å². The molecule has 2 aromatic carbocycles. The first-order valence-corrected chi connectivity index (χ1v) is 10.8. The Kier molecular flexibility index (Phi) is 4.67. The maximum absolute atomic E-state index is 5.28. The minimum absolute atomic E-state index is 0.462. The molecule has 2 N–H and O–H groups in total. The summed E-state index contributed by atoms with van der Waals surface area (Å²) in [6.07, 6.45) is 10.5. The Morgan fingerprint density at radius 1 is 0.893 bits per heavy atom. The molecule has 4 bridgehead atoms. The third-order valence-electron chi connectivity index (χ3n) is 6.97. The fourth-order valence-electron chi connectivity index (χ4n) is 6.23. The van der Waals surface area contributed by atoms with Crippen molar-refractivity contribution >= 4 is 29.2 Å². The predicted molar refractivity (Wildman–Crippen MR) is 120 cm³/mol. The van der Waals surface area contributed by atoms with Crippen molar-refractivity contribution in [3.63, 3.8) is 0 Å². The molecule has 28 heavy (non-hydrogen) atoms. The lowest BCUT2D eigenvalue weighted by atomic mass is 9.48. The van der Waals surface area contributed by atoms with E-state index in [-0.39, 0.29) is 0 Å². The Morgan fingerprint density at radius 3 is 2.11 bits per heavy atom. The lowest BCUT2D eigenvalue weighted by Gasteiger charge is -2.57. The van der Waals surface area contributed by atoms with Gasteiger partial charge in [0.1, 0.15) is 0 Å². The molecular formula is C24H27N3S. The Morgan fingerprint density at radius 2 is 1.50 bits per heavy atom. The summed E-state index contributed by atoms with van der Waals surface area (Å²) in [5.41, 5.74) is 6.96. The van der Waals surface area contributed by atoms with Gasteiger partial charge in [0.15, 0.2) is 5.11 Å². The van der Waals surface area contributed by atoms with E-state index < -0.39 is 0 Å². The van der Waals surface area contributed by atoms with Gasteiger partial charge in [-0.25, -0.2) is 0 Å². The summed E-state index contributed by atoms with van der Waals surface area (Å²) in [5, 5.41) is 7.89. The van der Waals surface area contributed by atoms with Crippen molar-refractivity contribution in [2.75, 3.05) is 5.32 Å². The molecule has 0 spiro atoms. The third kappa shape index (κ3) is 3.58. The Hall–Kier alpha value is -2.20. The normalized spacial score (nSPS) is 30.5. The van der Waals surface area contributed by atoms with Gasteiger partial charge in [-0.2, -0.15) is 5.10 Å². The lowest BCUT2D eigenvalue weighted by Crippen LogP contribution is -2.48. The second kappa shape index (κ2) is 7.32. The summed E-state index contributed by atoms with van der Waals surface area (Å²) in [7, 11) is 0. The highest BCUT2D eigenvalue weighted by Gasteiger charge is 2.51. The SMILES string of the molecule is S=C(NN=Cc1ccc(C23CC4CC(CC(C4)C2)C3)cc1)Nc1ccccc1. The molecule has 4 aliphatic rings. The Labute approximate surface area is 172 Å². The van der Waals surface area contributed by atoms with Gasteiger partial charge in [-0.1, -0.05) is 42.5 Å². The Bertz CT molecular complexity index is 837. The van der Waals surface area contributed by atoms with E-state index >= 15 is 0 Å². The van der Waals surface area contributed by atoms with Crippen LogP contribution in [0.15, 0.2) is 59.7 Å². The highest BCUT2D eigenvalue weighted by molar-refractivity contribution is 7.80. The molecule has 0 heterocycles. The maximum atomic E-state index is 5.28. The van der Waals surface area contributed by atoms with Gasteiger partial charge >= 0.3 is 0 Å². The zero-order chi connectivity index (χ0) is 19.0. The summed E-state index contributed by atoms with van der Waals surface area (Å²) < 4.78 is 0. The van der Waals surface area contributed by atoms with Crippen LogP contribution in [0.1, 0.15) is 49.7 Å². The first kappa shape index (κ1) is 17.9. The van der Waals surface area contributed by atoms with Crippen molar-refractivity contribution in [1.29, 1.82) is 0 Å². The summed E-state index contributed by atoms with van der Waals surface area (Å²) in [6, 6.07) is 19.0. The number of hydrazone groups is 1. The van der Waals surface area contributed by atoms with Crippen LogP contribution in [0.2, 0.25) is 0 Å². The topological polar surface area (TPSA) is 36.4 Å².